The first-order chi connectivity index (χ1) is 7.83. The SMILES string of the molecule is NC(CCCNCCC1CCCCC1)=NO. The Labute approximate surface area is 98.3 Å². The Morgan fingerprint density at radius 1 is 1.25 bits per heavy atom. The minimum Gasteiger partial charge on any atom is -0.409 e. The van der Waals surface area contributed by atoms with Gasteiger partial charge in [0.05, 0.1) is 0 Å². The van der Waals surface area contributed by atoms with Gasteiger partial charge in [0, 0.05) is 6.42 Å². The number of nitrogens with one attached hydrogen (secondary N) is 1. The van der Waals surface area contributed by atoms with Gasteiger partial charge in [-0.3, -0.25) is 0 Å². The van der Waals surface area contributed by atoms with Crippen LogP contribution in [0.3, 0.4) is 0 Å². The van der Waals surface area contributed by atoms with Crippen LogP contribution in [-0.2, 0) is 0 Å². The van der Waals surface area contributed by atoms with Crippen LogP contribution in [0.15, 0.2) is 5.16 Å². The van der Waals surface area contributed by atoms with Gasteiger partial charge in [-0.25, -0.2) is 0 Å². The lowest BCUT2D eigenvalue weighted by Crippen LogP contribution is -2.22. The third-order valence-corrected chi connectivity index (χ3v) is 3.37. The summed E-state index contributed by atoms with van der Waals surface area (Å²) < 4.78 is 0. The second-order valence-electron chi connectivity index (χ2n) is 4.74. The van der Waals surface area contributed by atoms with Gasteiger partial charge in [-0.05, 0) is 31.8 Å². The molecule has 0 aromatic carbocycles. The minimum absolute atomic E-state index is 0.328. The minimum atomic E-state index is 0.328. The van der Waals surface area contributed by atoms with Gasteiger partial charge in [0.1, 0.15) is 5.84 Å². The topological polar surface area (TPSA) is 70.6 Å². The van der Waals surface area contributed by atoms with Gasteiger partial charge in [0.25, 0.3) is 0 Å². The highest BCUT2D eigenvalue weighted by atomic mass is 16.4. The lowest BCUT2D eigenvalue weighted by atomic mass is 9.87. The molecule has 0 bridgehead atoms. The molecule has 0 saturated heterocycles. The smallest absolute Gasteiger partial charge is 0.139 e. The zero-order valence-electron chi connectivity index (χ0n) is 10.1. The number of hydrogen-bond donors (Lipinski definition) is 3. The molecule has 0 spiro atoms. The third-order valence-electron chi connectivity index (χ3n) is 3.37. The van der Waals surface area contributed by atoms with Crippen molar-refractivity contribution in [3.8, 4) is 0 Å². The van der Waals surface area contributed by atoms with Gasteiger partial charge in [-0.1, -0.05) is 37.3 Å². The molecule has 4 nitrogen and oxygen atoms in total. The Bertz CT molecular complexity index is 200. The summed E-state index contributed by atoms with van der Waals surface area (Å²) in [7, 11) is 0. The number of rotatable bonds is 7. The molecular formula is C12H25N3O. The van der Waals surface area contributed by atoms with E-state index in [1.807, 2.05) is 0 Å². The fourth-order valence-corrected chi connectivity index (χ4v) is 2.35. The second-order valence-corrected chi connectivity index (χ2v) is 4.74. The Morgan fingerprint density at radius 3 is 2.69 bits per heavy atom. The van der Waals surface area contributed by atoms with Crippen LogP contribution in [0.25, 0.3) is 0 Å². The average molecular weight is 227 g/mol. The van der Waals surface area contributed by atoms with Gasteiger partial charge in [0.2, 0.25) is 0 Å². The summed E-state index contributed by atoms with van der Waals surface area (Å²) in [4.78, 5) is 0. The van der Waals surface area contributed by atoms with Gasteiger partial charge >= 0.3 is 0 Å². The Hall–Kier alpha value is -0.770. The van der Waals surface area contributed by atoms with Crippen molar-refractivity contribution < 1.29 is 5.21 Å². The summed E-state index contributed by atoms with van der Waals surface area (Å²) in [6.07, 6.45) is 10.1. The standard InChI is InChI=1S/C12H25N3O/c13-12(15-16)7-4-9-14-10-8-11-5-2-1-3-6-11/h11,14,16H,1-10H2,(H2,13,15). The van der Waals surface area contributed by atoms with Crippen molar-refractivity contribution in [2.24, 2.45) is 16.8 Å². The van der Waals surface area contributed by atoms with Gasteiger partial charge in [0.15, 0.2) is 0 Å². The van der Waals surface area contributed by atoms with E-state index in [0.29, 0.717) is 12.3 Å². The van der Waals surface area contributed by atoms with Crippen LogP contribution in [0.5, 0.6) is 0 Å². The van der Waals surface area contributed by atoms with E-state index in [1.165, 1.54) is 38.5 Å². The van der Waals surface area contributed by atoms with Crippen LogP contribution in [0.2, 0.25) is 0 Å². The van der Waals surface area contributed by atoms with Crippen molar-refractivity contribution in [1.82, 2.24) is 5.32 Å². The van der Waals surface area contributed by atoms with Gasteiger partial charge < -0.3 is 16.3 Å². The largest absolute Gasteiger partial charge is 0.409 e. The molecule has 0 aromatic rings. The lowest BCUT2D eigenvalue weighted by Gasteiger charge is -2.21. The number of hydrogen-bond acceptors (Lipinski definition) is 3. The molecule has 1 aliphatic carbocycles. The fraction of sp³-hybridized carbons (Fsp3) is 0.917. The molecule has 0 atom stereocenters. The molecule has 0 heterocycles. The van der Waals surface area contributed by atoms with Crippen LogP contribution >= 0.6 is 0 Å². The van der Waals surface area contributed by atoms with Gasteiger partial charge in [-0.15, -0.1) is 0 Å². The fourth-order valence-electron chi connectivity index (χ4n) is 2.35. The highest BCUT2D eigenvalue weighted by Gasteiger charge is 2.12. The summed E-state index contributed by atoms with van der Waals surface area (Å²) in [5.74, 6) is 1.28. The number of amidine groups is 1. The molecule has 1 saturated carbocycles. The molecular weight excluding hydrogens is 202 g/mol. The van der Waals surface area contributed by atoms with E-state index in [2.05, 4.69) is 10.5 Å². The zero-order chi connectivity index (χ0) is 11.6. The molecule has 0 aromatic heterocycles. The summed E-state index contributed by atoms with van der Waals surface area (Å²) in [5.41, 5.74) is 5.38. The maximum atomic E-state index is 8.35. The Balaban J connectivity index is 1.87. The van der Waals surface area contributed by atoms with Crippen LogP contribution in [0.4, 0.5) is 0 Å². The zero-order valence-corrected chi connectivity index (χ0v) is 10.1. The first-order valence-corrected chi connectivity index (χ1v) is 6.50. The maximum absolute atomic E-state index is 8.35. The molecule has 4 N–H and O–H groups in total. The Morgan fingerprint density at radius 2 is 2.00 bits per heavy atom. The van der Waals surface area contributed by atoms with E-state index in [-0.39, 0.29) is 0 Å². The van der Waals surface area contributed by atoms with E-state index in [9.17, 15) is 0 Å². The highest BCUT2D eigenvalue weighted by molar-refractivity contribution is 5.79. The van der Waals surface area contributed by atoms with E-state index >= 15 is 0 Å². The average Bonchev–Trinajstić information content (AvgIpc) is 2.34. The van der Waals surface area contributed by atoms with Gasteiger partial charge in [-0.2, -0.15) is 0 Å². The number of nitrogens with two attached hydrogens (primary N) is 1. The Kier molecular flexibility index (Phi) is 6.97. The predicted octanol–water partition coefficient (Wildman–Crippen LogP) is 2.07. The molecule has 1 fully saturated rings. The van der Waals surface area contributed by atoms with Crippen LogP contribution in [0.1, 0.15) is 51.4 Å². The summed E-state index contributed by atoms with van der Waals surface area (Å²) in [5, 5.41) is 14.7. The van der Waals surface area contributed by atoms with Crippen molar-refractivity contribution in [2.75, 3.05) is 13.1 Å². The second kappa shape index (κ2) is 8.39. The summed E-state index contributed by atoms with van der Waals surface area (Å²) in [6.45, 7) is 2.07. The quantitative estimate of drug-likeness (QED) is 0.205. The lowest BCUT2D eigenvalue weighted by molar-refractivity contribution is 0.316. The molecule has 0 aliphatic heterocycles. The highest BCUT2D eigenvalue weighted by Crippen LogP contribution is 2.25. The van der Waals surface area contributed by atoms with Crippen molar-refractivity contribution >= 4 is 5.84 Å². The van der Waals surface area contributed by atoms with Crippen LogP contribution in [0, 0.1) is 5.92 Å². The van der Waals surface area contributed by atoms with E-state index in [0.717, 1.165) is 25.4 Å². The van der Waals surface area contributed by atoms with Crippen LogP contribution in [-0.4, -0.2) is 24.1 Å². The monoisotopic (exact) mass is 227 g/mol. The van der Waals surface area contributed by atoms with Crippen molar-refractivity contribution in [2.45, 2.75) is 51.4 Å². The molecule has 0 unspecified atom stereocenters. The maximum Gasteiger partial charge on any atom is 0.139 e. The number of oxime groups is 1. The van der Waals surface area contributed by atoms with E-state index in [1.54, 1.807) is 0 Å². The van der Waals surface area contributed by atoms with E-state index in [4.69, 9.17) is 10.9 Å². The van der Waals surface area contributed by atoms with Crippen molar-refractivity contribution in [3.05, 3.63) is 0 Å². The first kappa shape index (κ1) is 13.3. The third kappa shape index (κ3) is 5.95. The molecule has 1 aliphatic rings. The van der Waals surface area contributed by atoms with Crippen LogP contribution < -0.4 is 11.1 Å². The first-order valence-electron chi connectivity index (χ1n) is 6.50. The summed E-state index contributed by atoms with van der Waals surface area (Å²) >= 11 is 0. The molecule has 4 heteroatoms. The van der Waals surface area contributed by atoms with Crippen molar-refractivity contribution in [3.63, 3.8) is 0 Å². The molecule has 0 radical (unpaired) electrons. The molecule has 94 valence electrons. The molecule has 1 rings (SSSR count). The summed E-state index contributed by atoms with van der Waals surface area (Å²) in [6, 6.07) is 0. The molecule has 0 amide bonds. The van der Waals surface area contributed by atoms with E-state index < -0.39 is 0 Å². The normalized spacial score (nSPS) is 18.9. The molecule has 16 heavy (non-hydrogen) atoms. The number of nitrogens with zero attached hydrogens (tertiary/aromatic N) is 1. The van der Waals surface area contributed by atoms with Crippen molar-refractivity contribution in [1.29, 1.82) is 0 Å². The predicted molar refractivity (Wildman–Crippen MR) is 66.7 cm³/mol.